The van der Waals surface area contributed by atoms with Gasteiger partial charge in [-0.25, -0.2) is 4.79 Å². The van der Waals surface area contributed by atoms with Gasteiger partial charge in [0.15, 0.2) is 23.0 Å². The maximum Gasteiger partial charge on any atom is 0.375 e. The molecule has 1 fully saturated rings. The van der Waals surface area contributed by atoms with Crippen LogP contribution >= 0.6 is 11.8 Å². The molecule has 0 bridgehead atoms. The fraction of sp³-hybridized carbons (Fsp3) is 0.516. The zero-order valence-corrected chi connectivity index (χ0v) is 26.5. The van der Waals surface area contributed by atoms with E-state index in [0.29, 0.717) is 28.8 Å². The molecule has 5 rings (SSSR count). The van der Waals surface area contributed by atoms with Gasteiger partial charge in [-0.1, -0.05) is 13.0 Å². The average molecular weight is 617 g/mol. The van der Waals surface area contributed by atoms with Crippen LogP contribution in [0.4, 0.5) is 0 Å². The van der Waals surface area contributed by atoms with E-state index in [-0.39, 0.29) is 54.9 Å². The summed E-state index contributed by atoms with van der Waals surface area (Å²) < 4.78 is 26.1. The number of likely N-dealkylation sites (N-methyl/N-ethyl adjacent to an activating group) is 1. The molecule has 2 aromatic rings. The van der Waals surface area contributed by atoms with Crippen molar-refractivity contribution in [1.82, 2.24) is 10.2 Å². The van der Waals surface area contributed by atoms with Crippen LogP contribution in [0.15, 0.2) is 18.2 Å². The number of esters is 2. The van der Waals surface area contributed by atoms with Gasteiger partial charge in [-0.2, -0.15) is 11.8 Å². The standard InChI is InChI=1S/C21H30N2O5S.C10H10O4/c1-11-6-14-12(2)7-23-13(3)8-28-21(26)16(24)10-29-9-15(23)18(22-4)17(14)19(25)20(11)27-5;1-6-8(14-7(2)11)3-4-9-10(6)13-5-12-9/h6,12-13,15,18,22,25H,7-10H2,1-5H3;3-4H,5H2,1-2H3/t12?,13-,15+,18+;/m1./s1. The number of benzene rings is 2. The lowest BCUT2D eigenvalue weighted by Gasteiger charge is -2.39. The number of nitrogens with zero attached hydrogens (tertiary/aromatic N) is 1. The Morgan fingerprint density at radius 1 is 1.16 bits per heavy atom. The molecular formula is C31H40N2O9S. The molecule has 2 N–H and O–H groups in total. The molecule has 0 aliphatic carbocycles. The van der Waals surface area contributed by atoms with Crippen LogP contribution in [-0.2, 0) is 19.1 Å². The number of cyclic esters (lactones) is 1. The van der Waals surface area contributed by atoms with E-state index >= 15 is 0 Å². The van der Waals surface area contributed by atoms with E-state index < -0.39 is 11.8 Å². The Morgan fingerprint density at radius 2 is 1.91 bits per heavy atom. The van der Waals surface area contributed by atoms with Crippen molar-refractivity contribution in [2.24, 2.45) is 0 Å². The summed E-state index contributed by atoms with van der Waals surface area (Å²) in [5.41, 5.74) is 3.63. The van der Waals surface area contributed by atoms with Crippen molar-refractivity contribution in [3.05, 3.63) is 40.5 Å². The van der Waals surface area contributed by atoms with E-state index in [1.807, 2.05) is 27.8 Å². The van der Waals surface area contributed by atoms with Crippen LogP contribution in [0.3, 0.4) is 0 Å². The van der Waals surface area contributed by atoms with Crippen molar-refractivity contribution in [1.29, 1.82) is 0 Å². The van der Waals surface area contributed by atoms with Crippen LogP contribution in [-0.4, -0.2) is 85.4 Å². The molecule has 0 radical (unpaired) electrons. The maximum atomic E-state index is 12.0. The lowest BCUT2D eigenvalue weighted by atomic mass is 9.88. The van der Waals surface area contributed by atoms with Crippen LogP contribution < -0.4 is 24.3 Å². The monoisotopic (exact) mass is 616 g/mol. The number of fused-ring (bicyclic) bond motifs is 3. The van der Waals surface area contributed by atoms with E-state index in [9.17, 15) is 19.5 Å². The highest BCUT2D eigenvalue weighted by molar-refractivity contribution is 8.00. The molecule has 1 saturated heterocycles. The number of methoxy groups -OCH3 is 1. The fourth-order valence-electron chi connectivity index (χ4n) is 5.85. The SMILES string of the molecule is CC(=O)Oc1ccc2c(c1C)OCO2.CN[C@@H]1c2c(cc(C)c(OC)c2O)C(C)CN2[C@H](C)COC(=O)C(=O)CSC[C@@H]12. The number of carbonyl (C=O) groups excluding carboxylic acids is 3. The predicted octanol–water partition coefficient (Wildman–Crippen LogP) is 3.65. The molecule has 12 heteroatoms. The number of carbonyl (C=O) groups is 3. The predicted molar refractivity (Wildman–Crippen MR) is 161 cm³/mol. The molecular weight excluding hydrogens is 576 g/mol. The topological polar surface area (TPSA) is 133 Å². The molecule has 1 unspecified atom stereocenters. The molecule has 2 aromatic carbocycles. The number of hydrogen-bond donors (Lipinski definition) is 2. The Morgan fingerprint density at radius 3 is 2.58 bits per heavy atom. The van der Waals surface area contributed by atoms with Crippen molar-refractivity contribution >= 4 is 29.5 Å². The highest BCUT2D eigenvalue weighted by atomic mass is 32.2. The molecule has 3 heterocycles. The number of hydrogen-bond acceptors (Lipinski definition) is 12. The van der Waals surface area contributed by atoms with Crippen molar-refractivity contribution in [3.63, 3.8) is 0 Å². The average Bonchev–Trinajstić information content (AvgIpc) is 3.41. The minimum atomic E-state index is -0.753. The molecule has 11 nitrogen and oxygen atoms in total. The van der Waals surface area contributed by atoms with Gasteiger partial charge in [-0.05, 0) is 57.0 Å². The van der Waals surface area contributed by atoms with Gasteiger partial charge >= 0.3 is 11.9 Å². The van der Waals surface area contributed by atoms with E-state index in [0.717, 1.165) is 28.8 Å². The minimum absolute atomic E-state index is 0.00612. The van der Waals surface area contributed by atoms with Crippen molar-refractivity contribution in [2.45, 2.75) is 58.7 Å². The van der Waals surface area contributed by atoms with E-state index in [2.05, 4.69) is 23.2 Å². The third kappa shape index (κ3) is 6.86. The lowest BCUT2D eigenvalue weighted by Crippen LogP contribution is -2.51. The van der Waals surface area contributed by atoms with Gasteiger partial charge < -0.3 is 34.1 Å². The zero-order valence-electron chi connectivity index (χ0n) is 25.6. The Kier molecular flexibility index (Phi) is 10.5. The second kappa shape index (κ2) is 13.9. The minimum Gasteiger partial charge on any atom is -0.504 e. The number of nitrogens with one attached hydrogen (secondary N) is 1. The summed E-state index contributed by atoms with van der Waals surface area (Å²) in [6.45, 7) is 10.4. The number of thioether (sulfide) groups is 1. The number of phenolic OH excluding ortho intramolecular Hbond substituents is 1. The molecule has 3 aliphatic heterocycles. The Hall–Kier alpha value is -3.48. The van der Waals surface area contributed by atoms with Crippen LogP contribution in [0.5, 0.6) is 28.7 Å². The van der Waals surface area contributed by atoms with Crippen LogP contribution in [0.1, 0.15) is 55.0 Å². The van der Waals surface area contributed by atoms with Crippen molar-refractivity contribution in [3.8, 4) is 28.7 Å². The van der Waals surface area contributed by atoms with Crippen LogP contribution in [0, 0.1) is 13.8 Å². The molecule has 0 spiro atoms. The second-order valence-electron chi connectivity index (χ2n) is 10.9. The number of Topliss-reactive ketones (excluding diaryl/α,β-unsaturated/α-hetero) is 1. The lowest BCUT2D eigenvalue weighted by molar-refractivity contribution is -0.154. The summed E-state index contributed by atoms with van der Waals surface area (Å²) in [4.78, 5) is 36.9. The second-order valence-corrected chi connectivity index (χ2v) is 11.9. The van der Waals surface area contributed by atoms with E-state index in [4.69, 9.17) is 23.7 Å². The maximum absolute atomic E-state index is 12.0. The Bertz CT molecular complexity index is 1380. The molecule has 234 valence electrons. The molecule has 0 amide bonds. The summed E-state index contributed by atoms with van der Waals surface area (Å²) in [5, 5.41) is 14.5. The summed E-state index contributed by atoms with van der Waals surface area (Å²) >= 11 is 1.43. The van der Waals surface area contributed by atoms with E-state index in [1.165, 1.54) is 18.7 Å². The number of aromatic hydroxyl groups is 1. The molecule has 4 atom stereocenters. The third-order valence-electron chi connectivity index (χ3n) is 7.93. The number of ether oxygens (including phenoxy) is 5. The fourth-order valence-corrected chi connectivity index (χ4v) is 6.89. The zero-order chi connectivity index (χ0) is 31.4. The Balaban J connectivity index is 0.000000251. The van der Waals surface area contributed by atoms with E-state index in [1.54, 1.807) is 19.2 Å². The molecule has 3 aliphatic rings. The van der Waals surface area contributed by atoms with Crippen molar-refractivity contribution < 1.29 is 43.2 Å². The summed E-state index contributed by atoms with van der Waals surface area (Å²) in [7, 11) is 3.45. The summed E-state index contributed by atoms with van der Waals surface area (Å²) in [6, 6.07) is 5.31. The number of rotatable bonds is 3. The van der Waals surface area contributed by atoms with Gasteiger partial charge in [-0.15, -0.1) is 0 Å². The first-order valence-electron chi connectivity index (χ1n) is 14.2. The molecule has 0 saturated carbocycles. The summed E-state index contributed by atoms with van der Waals surface area (Å²) in [6.07, 6.45) is 0. The molecule has 0 aromatic heterocycles. The number of aryl methyl sites for hydroxylation is 1. The quantitative estimate of drug-likeness (QED) is 0.296. The third-order valence-corrected chi connectivity index (χ3v) is 8.97. The van der Waals surface area contributed by atoms with Crippen molar-refractivity contribution in [2.75, 3.05) is 45.6 Å². The number of ketones is 1. The normalized spacial score (nSPS) is 23.5. The van der Waals surface area contributed by atoms with Gasteiger partial charge in [-0.3, -0.25) is 14.5 Å². The van der Waals surface area contributed by atoms with Crippen LogP contribution in [0.25, 0.3) is 0 Å². The van der Waals surface area contributed by atoms with Gasteiger partial charge in [0.05, 0.1) is 18.9 Å². The van der Waals surface area contributed by atoms with Gasteiger partial charge in [0, 0.05) is 42.4 Å². The number of phenols is 1. The highest BCUT2D eigenvalue weighted by Gasteiger charge is 2.40. The molecule has 43 heavy (non-hydrogen) atoms. The highest BCUT2D eigenvalue weighted by Crippen LogP contribution is 2.46. The Labute approximate surface area is 256 Å². The largest absolute Gasteiger partial charge is 0.504 e. The van der Waals surface area contributed by atoms with Gasteiger partial charge in [0.1, 0.15) is 12.4 Å². The first-order chi connectivity index (χ1) is 20.5. The van der Waals surface area contributed by atoms with Gasteiger partial charge in [0.2, 0.25) is 12.6 Å². The smallest absolute Gasteiger partial charge is 0.375 e. The summed E-state index contributed by atoms with van der Waals surface area (Å²) in [5.74, 6) is 1.85. The first-order valence-corrected chi connectivity index (χ1v) is 15.3. The van der Waals surface area contributed by atoms with Crippen LogP contribution in [0.2, 0.25) is 0 Å². The first kappa shape index (κ1) is 32.4. The van der Waals surface area contributed by atoms with Gasteiger partial charge in [0.25, 0.3) is 0 Å².